The van der Waals surface area contributed by atoms with Crippen molar-refractivity contribution in [3.8, 4) is 0 Å². The number of aliphatic hydroxyl groups is 1. The molecule has 1 atom stereocenters. The van der Waals surface area contributed by atoms with Crippen molar-refractivity contribution in [2.45, 2.75) is 44.1 Å². The van der Waals surface area contributed by atoms with Crippen LogP contribution in [-0.4, -0.2) is 24.2 Å². The molecule has 0 amide bonds. The van der Waals surface area contributed by atoms with Crippen molar-refractivity contribution in [3.05, 3.63) is 35.4 Å². The summed E-state index contributed by atoms with van der Waals surface area (Å²) in [7, 11) is 0. The van der Waals surface area contributed by atoms with E-state index < -0.39 is 19.1 Å². The van der Waals surface area contributed by atoms with Crippen LogP contribution in [0.5, 0.6) is 0 Å². The molecule has 1 unspecified atom stereocenters. The van der Waals surface area contributed by atoms with E-state index in [2.05, 4.69) is 25.2 Å². The molecule has 1 aromatic carbocycles. The van der Waals surface area contributed by atoms with Crippen LogP contribution in [0.1, 0.15) is 43.9 Å². The summed E-state index contributed by atoms with van der Waals surface area (Å²) in [6.45, 7) is 2.78. The highest BCUT2D eigenvalue weighted by Gasteiger charge is 2.34. The number of hydrogen-bond acceptors (Lipinski definition) is 2. The molecular weight excluding hydrogens is 248 g/mol. The van der Waals surface area contributed by atoms with Gasteiger partial charge in [-0.1, -0.05) is 38.1 Å². The zero-order valence-corrected chi connectivity index (χ0v) is 11.4. The fourth-order valence-corrected chi connectivity index (χ4v) is 2.75. The maximum atomic E-state index is 13.1. The topological polar surface area (TPSA) is 32.3 Å². The number of rotatable bonds is 4. The van der Waals surface area contributed by atoms with Crippen LogP contribution in [-0.2, 0) is 5.41 Å². The van der Waals surface area contributed by atoms with Crippen molar-refractivity contribution in [2.24, 2.45) is 0 Å². The Labute approximate surface area is 112 Å². The summed E-state index contributed by atoms with van der Waals surface area (Å²) >= 11 is 0. The molecule has 0 aromatic heterocycles. The molecule has 4 heteroatoms. The SMILES string of the molecule is CC1(C)CCC(NCC(F)(F)CO)c2ccccc21. The van der Waals surface area contributed by atoms with Crippen LogP contribution < -0.4 is 5.32 Å². The van der Waals surface area contributed by atoms with E-state index in [1.165, 1.54) is 5.56 Å². The summed E-state index contributed by atoms with van der Waals surface area (Å²) in [6, 6.07) is 7.96. The van der Waals surface area contributed by atoms with Gasteiger partial charge in [0.05, 0.1) is 6.54 Å². The number of halogens is 2. The van der Waals surface area contributed by atoms with Gasteiger partial charge in [-0.15, -0.1) is 0 Å². The molecule has 106 valence electrons. The van der Waals surface area contributed by atoms with Gasteiger partial charge >= 0.3 is 0 Å². The zero-order valence-electron chi connectivity index (χ0n) is 11.4. The number of hydrogen-bond donors (Lipinski definition) is 2. The highest BCUT2D eigenvalue weighted by Crippen LogP contribution is 2.41. The Morgan fingerprint density at radius 2 is 2.05 bits per heavy atom. The number of fused-ring (bicyclic) bond motifs is 1. The summed E-state index contributed by atoms with van der Waals surface area (Å²) in [5, 5.41) is 11.5. The van der Waals surface area contributed by atoms with E-state index in [0.717, 1.165) is 18.4 Å². The molecule has 2 nitrogen and oxygen atoms in total. The molecule has 0 heterocycles. The second-order valence-electron chi connectivity index (χ2n) is 5.96. The molecule has 1 aliphatic carbocycles. The van der Waals surface area contributed by atoms with Crippen LogP contribution in [0.15, 0.2) is 24.3 Å². The molecule has 0 fully saturated rings. The Morgan fingerprint density at radius 3 is 2.74 bits per heavy atom. The summed E-state index contributed by atoms with van der Waals surface area (Å²) in [4.78, 5) is 0. The molecule has 19 heavy (non-hydrogen) atoms. The van der Waals surface area contributed by atoms with Gasteiger partial charge in [-0.3, -0.25) is 0 Å². The number of alkyl halides is 2. The third-order valence-electron chi connectivity index (χ3n) is 3.96. The first-order chi connectivity index (χ1) is 8.86. The summed E-state index contributed by atoms with van der Waals surface area (Å²) in [5.74, 6) is -3.05. The minimum atomic E-state index is -3.05. The van der Waals surface area contributed by atoms with Crippen molar-refractivity contribution in [1.29, 1.82) is 0 Å². The lowest BCUT2D eigenvalue weighted by molar-refractivity contribution is -0.0498. The fourth-order valence-electron chi connectivity index (χ4n) is 2.75. The third kappa shape index (κ3) is 3.12. The monoisotopic (exact) mass is 269 g/mol. The van der Waals surface area contributed by atoms with Crippen molar-refractivity contribution in [1.82, 2.24) is 5.32 Å². The normalized spacial score (nSPS) is 22.1. The van der Waals surface area contributed by atoms with Gasteiger partial charge < -0.3 is 10.4 Å². The lowest BCUT2D eigenvalue weighted by Gasteiger charge is -2.37. The lowest BCUT2D eigenvalue weighted by Crippen LogP contribution is -2.40. The van der Waals surface area contributed by atoms with E-state index in [0.29, 0.717) is 0 Å². The standard InChI is InChI=1S/C15H21F2NO/c1-14(2)8-7-13(18-9-15(16,17)10-19)11-5-3-4-6-12(11)14/h3-6,13,18-19H,7-10H2,1-2H3. The van der Waals surface area contributed by atoms with E-state index >= 15 is 0 Å². The predicted molar refractivity (Wildman–Crippen MR) is 71.5 cm³/mol. The number of aliphatic hydroxyl groups excluding tert-OH is 1. The second-order valence-corrected chi connectivity index (χ2v) is 5.96. The molecule has 1 aromatic rings. The highest BCUT2D eigenvalue weighted by atomic mass is 19.3. The predicted octanol–water partition coefficient (Wildman–Crippen LogP) is 3.02. The summed E-state index contributed by atoms with van der Waals surface area (Å²) < 4.78 is 26.2. The van der Waals surface area contributed by atoms with Crippen LogP contribution >= 0.6 is 0 Å². The maximum absolute atomic E-state index is 13.1. The van der Waals surface area contributed by atoms with Crippen molar-refractivity contribution < 1.29 is 13.9 Å². The maximum Gasteiger partial charge on any atom is 0.282 e. The van der Waals surface area contributed by atoms with Crippen molar-refractivity contribution in [3.63, 3.8) is 0 Å². The summed E-state index contributed by atoms with van der Waals surface area (Å²) in [5.41, 5.74) is 2.42. The molecule has 0 bridgehead atoms. The smallest absolute Gasteiger partial charge is 0.282 e. The quantitative estimate of drug-likeness (QED) is 0.880. The summed E-state index contributed by atoms with van der Waals surface area (Å²) in [6.07, 6.45) is 1.80. The molecule has 1 aliphatic rings. The molecule has 0 aliphatic heterocycles. The van der Waals surface area contributed by atoms with Crippen LogP contribution in [0.4, 0.5) is 8.78 Å². The molecule has 2 N–H and O–H groups in total. The number of benzene rings is 1. The average molecular weight is 269 g/mol. The third-order valence-corrected chi connectivity index (χ3v) is 3.96. The van der Waals surface area contributed by atoms with Gasteiger partial charge in [0.1, 0.15) is 6.61 Å². The molecule has 2 rings (SSSR count). The van der Waals surface area contributed by atoms with Gasteiger partial charge in [0.15, 0.2) is 0 Å². The average Bonchev–Trinajstić information content (AvgIpc) is 2.38. The Kier molecular flexibility index (Phi) is 3.92. The minimum Gasteiger partial charge on any atom is -0.390 e. The van der Waals surface area contributed by atoms with Gasteiger partial charge in [0, 0.05) is 6.04 Å². The van der Waals surface area contributed by atoms with Gasteiger partial charge in [-0.25, -0.2) is 8.78 Å². The Balaban J connectivity index is 2.17. The fraction of sp³-hybridized carbons (Fsp3) is 0.600. The molecule has 0 saturated heterocycles. The van der Waals surface area contributed by atoms with Crippen LogP contribution in [0.3, 0.4) is 0 Å². The van der Waals surface area contributed by atoms with E-state index in [-0.39, 0.29) is 11.5 Å². The van der Waals surface area contributed by atoms with Crippen LogP contribution in [0, 0.1) is 0 Å². The Hall–Kier alpha value is -1.00. The van der Waals surface area contributed by atoms with Crippen molar-refractivity contribution in [2.75, 3.05) is 13.2 Å². The lowest BCUT2D eigenvalue weighted by atomic mass is 9.71. The van der Waals surface area contributed by atoms with Crippen molar-refractivity contribution >= 4 is 0 Å². The molecular formula is C15H21F2NO. The van der Waals surface area contributed by atoms with Gasteiger partial charge in [0.25, 0.3) is 5.92 Å². The molecule has 0 radical (unpaired) electrons. The zero-order chi connectivity index (χ0) is 14.1. The first kappa shape index (κ1) is 14.4. The highest BCUT2D eigenvalue weighted by molar-refractivity contribution is 5.38. The minimum absolute atomic E-state index is 0.0540. The van der Waals surface area contributed by atoms with Crippen LogP contribution in [0.2, 0.25) is 0 Å². The van der Waals surface area contributed by atoms with Crippen LogP contribution in [0.25, 0.3) is 0 Å². The number of nitrogens with one attached hydrogen (secondary N) is 1. The Morgan fingerprint density at radius 1 is 1.37 bits per heavy atom. The van der Waals surface area contributed by atoms with Gasteiger partial charge in [-0.2, -0.15) is 0 Å². The second kappa shape index (κ2) is 5.17. The Bertz CT molecular complexity index is 446. The first-order valence-electron chi connectivity index (χ1n) is 6.67. The molecule has 0 saturated carbocycles. The van der Waals surface area contributed by atoms with E-state index in [9.17, 15) is 8.78 Å². The van der Waals surface area contributed by atoms with Gasteiger partial charge in [-0.05, 0) is 29.4 Å². The van der Waals surface area contributed by atoms with E-state index in [1.807, 2.05) is 18.2 Å². The molecule has 0 spiro atoms. The first-order valence-corrected chi connectivity index (χ1v) is 6.67. The van der Waals surface area contributed by atoms with E-state index in [4.69, 9.17) is 5.11 Å². The van der Waals surface area contributed by atoms with E-state index in [1.54, 1.807) is 0 Å². The largest absolute Gasteiger partial charge is 0.390 e. The van der Waals surface area contributed by atoms with Gasteiger partial charge in [0.2, 0.25) is 0 Å².